The number of ether oxygens (including phenoxy) is 7. The molecule has 2 fully saturated rings. The maximum absolute atomic E-state index is 16.7. The lowest BCUT2D eigenvalue weighted by Gasteiger charge is -2.41. The second kappa shape index (κ2) is 38.3. The van der Waals surface area contributed by atoms with Crippen molar-refractivity contribution in [2.45, 2.75) is 181 Å². The summed E-state index contributed by atoms with van der Waals surface area (Å²) >= 11 is 28.5. The zero-order valence-electron chi connectivity index (χ0n) is 66.0. The van der Waals surface area contributed by atoms with Crippen LogP contribution < -0.4 is 66.2 Å². The first-order valence-corrected chi connectivity index (χ1v) is 40.7. The van der Waals surface area contributed by atoms with E-state index in [0.717, 1.165) is 123 Å². The minimum Gasteiger partial charge on any atom is -0.508 e. The molecule has 1 unspecified atom stereocenters. The molecule has 19 atom stereocenters. The van der Waals surface area contributed by atoms with Gasteiger partial charge in [-0.2, -0.15) is 0 Å². The summed E-state index contributed by atoms with van der Waals surface area (Å²) in [4.78, 5) is 136. The molecule has 0 saturated carbocycles. The van der Waals surface area contributed by atoms with Gasteiger partial charge in [0.2, 0.25) is 59.7 Å². The van der Waals surface area contributed by atoms with Crippen molar-refractivity contribution in [1.82, 2.24) is 42.5 Å². The highest BCUT2D eigenvalue weighted by Crippen LogP contribution is 2.52. The SMILES string of the molecule is CN[C@H]1C(=O)N[C@H]2C(=O)N[C@H](C(=O)N[C@H]3C(=O)N[C@H]4C(=O)N[C@H](C(=O)NC(C(=O)O)c5cc(O)cc(O[C@H]6O[C@@H](CO)[C@H](O)[C@@H](O)[C@H]6O)c5-c5cc4ccc5O)[C@H](O)c4cc(Cl)c(c(Cl)c4)Oc4cc3cc(c4O[C@H]3O[C@@H](C(=O)O)[C@H](O)[C@@H](O)[C@@H]3NC(=O)CCCCCCCCC(C)C)Oc3ccc(cc3Cl)[C@H]2O)c2cc(cc(O)c2Cl)Oc2cc1ccc2O. The molecule has 0 spiro atoms. The van der Waals surface area contributed by atoms with Gasteiger partial charge in [-0.15, -0.1) is 0 Å². The number of phenolic OH excluding ortho intramolecular Hbond substituents is 4. The third kappa shape index (κ3) is 19.4. The second-order valence-corrected chi connectivity index (χ2v) is 32.5. The predicted octanol–water partition coefficient (Wildman–Crippen LogP) is 4.98. The van der Waals surface area contributed by atoms with E-state index in [9.17, 15) is 90.7 Å². The minimum absolute atomic E-state index is 0.0708. The highest BCUT2D eigenvalue weighted by Gasteiger charge is 2.52. The van der Waals surface area contributed by atoms with Crippen LogP contribution in [-0.2, 0) is 52.6 Å². The Morgan fingerprint density at radius 2 is 1.09 bits per heavy atom. The number of aliphatic hydroxyl groups excluding tert-OH is 8. The van der Waals surface area contributed by atoms with E-state index in [4.69, 9.17) is 79.6 Å². The number of benzene rings is 7. The smallest absolute Gasteiger partial charge is 0.335 e. The Kier molecular flexibility index (Phi) is 28.0. The third-order valence-electron chi connectivity index (χ3n) is 21.9. The Labute approximate surface area is 729 Å². The number of aliphatic carboxylic acids is 2. The fraction of sp³-hybridized carbons (Fsp3) is 0.386. The Morgan fingerprint density at radius 1 is 0.496 bits per heavy atom. The number of aromatic hydroxyl groups is 4. The van der Waals surface area contributed by atoms with Crippen LogP contribution in [0.1, 0.15) is 147 Å². The average molecular weight is 1820 g/mol. The number of aliphatic hydroxyl groups is 8. The number of phenols is 4. The number of carboxylic acid groups (broad SMARTS) is 2. The van der Waals surface area contributed by atoms with Gasteiger partial charge in [0.15, 0.2) is 40.9 Å². The molecule has 17 bridgehead atoms. The van der Waals surface area contributed by atoms with Gasteiger partial charge in [-0.25, -0.2) is 9.59 Å². The fourth-order valence-corrected chi connectivity index (χ4v) is 16.4. The summed E-state index contributed by atoms with van der Waals surface area (Å²) in [5, 5.41) is 178. The molecule has 8 aliphatic rings. The van der Waals surface area contributed by atoms with Crippen LogP contribution in [0.3, 0.4) is 0 Å². The van der Waals surface area contributed by atoms with Gasteiger partial charge in [0.25, 0.3) is 0 Å². The Balaban J connectivity index is 1.06. The van der Waals surface area contributed by atoms with Crippen molar-refractivity contribution in [3.63, 3.8) is 0 Å². The van der Waals surface area contributed by atoms with Crippen molar-refractivity contribution >= 4 is 99.7 Å². The van der Waals surface area contributed by atoms with Crippen molar-refractivity contribution < 1.29 is 148 Å². The molecule has 38 nitrogen and oxygen atoms in total. The second-order valence-electron chi connectivity index (χ2n) is 30.9. The molecule has 2 saturated heterocycles. The van der Waals surface area contributed by atoms with Crippen LogP contribution >= 0.6 is 46.4 Å². The molecular formula is C83H86Cl4N8O30. The van der Waals surface area contributed by atoms with Gasteiger partial charge in [0.1, 0.15) is 126 Å². The number of hydrogen-bond acceptors (Lipinski definition) is 29. The highest BCUT2D eigenvalue weighted by atomic mass is 35.5. The Morgan fingerprint density at radius 3 is 1.75 bits per heavy atom. The molecule has 125 heavy (non-hydrogen) atoms. The summed E-state index contributed by atoms with van der Waals surface area (Å²) in [6.07, 6.45) is -19.0. The lowest BCUT2D eigenvalue weighted by molar-refractivity contribution is -0.277. The van der Waals surface area contributed by atoms with E-state index in [0.29, 0.717) is 18.8 Å². The number of unbranched alkanes of at least 4 members (excludes halogenated alkanes) is 5. The van der Waals surface area contributed by atoms with E-state index >= 15 is 24.0 Å². The highest BCUT2D eigenvalue weighted by molar-refractivity contribution is 6.37. The molecular weight excluding hydrogens is 1730 g/mol. The minimum atomic E-state index is -2.59. The summed E-state index contributed by atoms with van der Waals surface area (Å²) in [6.45, 7) is 3.21. The molecule has 15 rings (SSSR count). The molecule has 666 valence electrons. The van der Waals surface area contributed by atoms with Gasteiger partial charge in [0.05, 0.1) is 26.7 Å². The summed E-state index contributed by atoms with van der Waals surface area (Å²) in [5.41, 5.74) is -4.54. The average Bonchev–Trinajstić information content (AvgIpc) is 0.755. The van der Waals surface area contributed by atoms with Crippen molar-refractivity contribution in [3.05, 3.63) is 162 Å². The van der Waals surface area contributed by atoms with Gasteiger partial charge >= 0.3 is 11.9 Å². The first-order chi connectivity index (χ1) is 59.4. The van der Waals surface area contributed by atoms with E-state index in [1.165, 1.54) is 19.2 Å². The quantitative estimate of drug-likeness (QED) is 0.0503. The number of carbonyl (C=O) groups is 9. The molecule has 0 aliphatic carbocycles. The number of amides is 7. The third-order valence-corrected chi connectivity index (χ3v) is 23.2. The summed E-state index contributed by atoms with van der Waals surface area (Å²) < 4.78 is 43.8. The van der Waals surface area contributed by atoms with Crippen LogP contribution in [-0.4, -0.2) is 212 Å². The molecule has 42 heteroatoms. The van der Waals surface area contributed by atoms with Gasteiger partial charge < -0.3 is 147 Å². The molecule has 22 N–H and O–H groups in total. The fourth-order valence-electron chi connectivity index (χ4n) is 15.3. The molecule has 8 aliphatic heterocycles. The van der Waals surface area contributed by atoms with Crippen LogP contribution in [0.4, 0.5) is 0 Å². The normalized spacial score (nSPS) is 26.8. The van der Waals surface area contributed by atoms with Crippen LogP contribution in [0.2, 0.25) is 20.1 Å². The summed E-state index contributed by atoms with van der Waals surface area (Å²) in [6, 6.07) is -1.38. The largest absolute Gasteiger partial charge is 0.508 e. The molecule has 7 aromatic rings. The Bertz CT molecular complexity index is 5360. The van der Waals surface area contributed by atoms with E-state index in [2.05, 4.69) is 56.4 Å². The maximum atomic E-state index is 16.7. The monoisotopic (exact) mass is 1810 g/mol. The topological polar surface area (TPSA) is 598 Å². The molecule has 0 aromatic heterocycles. The number of nitrogens with one attached hydrogen (secondary N) is 8. The van der Waals surface area contributed by atoms with Crippen LogP contribution in [0.5, 0.6) is 69.0 Å². The number of carbonyl (C=O) groups excluding carboxylic acids is 7. The van der Waals surface area contributed by atoms with Crippen LogP contribution in [0.25, 0.3) is 11.1 Å². The lowest BCUT2D eigenvalue weighted by atomic mass is 9.89. The standard InChI is InChI=1S/C83H86Cl4N8O30/c1-30(2)10-8-6-4-5-7-9-11-53(101)89-63-67(105)69(107)73(81(117)118)125-82(63)124-72-50-23-34-24-51(72)121-71-42(85)20-35(21-43(71)86)65(103)62-79(114)93-60(80(115)116)39-25-36(97)26-49(122-83-70(108)68(106)66(104)52(29-96)123-83)54(39)38-18-31(12-15-44(38)98)57(75(110)95-62)90-76(111)58(34)91-77(112)59-40-27-37(28-46(100)55(40)87)119-48-22-32(13-16-45(48)99)56(88-3)74(109)94-61(78(113)92-59)64(102)33-14-17-47(120-50)41(84)19-33/h12-28,30,52,56-70,73,82-83,88,96-100,102-108H,4-11,29H2,1-3H3,(H,89,101)(H,90,111)(H,91,112)(H,92,113)(H,93,114)(H,94,109)(H,95,110)(H,115,116)(H,117,118)/t52-,56+,57+,58+,59-,60?,61+,62-,63-,64+,65+,66-,67-,68+,69+,70+,73+,82-,83-/m0/s1. The molecule has 0 radical (unpaired) electrons. The summed E-state index contributed by atoms with van der Waals surface area (Å²) in [7, 11) is 1.34. The number of likely N-dealkylation sites (N-methyl/N-ethyl adjacent to an activating group) is 1. The van der Waals surface area contributed by atoms with E-state index in [1.807, 2.05) is 0 Å². The van der Waals surface area contributed by atoms with Gasteiger partial charge in [-0.3, -0.25) is 33.6 Å². The molecule has 7 aromatic carbocycles. The molecule has 7 amide bonds. The Hall–Kier alpha value is -11.3. The van der Waals surface area contributed by atoms with Gasteiger partial charge in [0, 0.05) is 40.8 Å². The van der Waals surface area contributed by atoms with E-state index < -0.39 is 304 Å². The maximum Gasteiger partial charge on any atom is 0.335 e. The van der Waals surface area contributed by atoms with Gasteiger partial charge in [-0.1, -0.05) is 117 Å². The number of carboxylic acids is 2. The number of rotatable bonds is 18. The zero-order valence-corrected chi connectivity index (χ0v) is 69.1. The lowest BCUT2D eigenvalue weighted by Crippen LogP contribution is -2.66. The van der Waals surface area contributed by atoms with Crippen molar-refractivity contribution in [1.29, 1.82) is 0 Å². The molecule has 8 heterocycles. The van der Waals surface area contributed by atoms with Crippen LogP contribution in [0.15, 0.2) is 103 Å². The van der Waals surface area contributed by atoms with E-state index in [-0.39, 0.29) is 17.5 Å². The first kappa shape index (κ1) is 91.4. The number of fused-ring (bicyclic) bond motifs is 14. The number of hydrogen-bond donors (Lipinski definition) is 22. The van der Waals surface area contributed by atoms with Crippen LogP contribution in [0, 0.1) is 5.92 Å². The first-order valence-electron chi connectivity index (χ1n) is 39.2. The summed E-state index contributed by atoms with van der Waals surface area (Å²) in [5.74, 6) is -21.5. The number of halogens is 4. The van der Waals surface area contributed by atoms with Crippen molar-refractivity contribution in [2.24, 2.45) is 5.92 Å². The van der Waals surface area contributed by atoms with Crippen molar-refractivity contribution in [2.75, 3.05) is 13.7 Å². The zero-order chi connectivity index (χ0) is 90.2. The van der Waals surface area contributed by atoms with Crippen molar-refractivity contribution in [3.8, 4) is 80.1 Å². The van der Waals surface area contributed by atoms with Gasteiger partial charge in [-0.05, 0) is 120 Å². The predicted molar refractivity (Wildman–Crippen MR) is 435 cm³/mol. The van der Waals surface area contributed by atoms with E-state index in [1.54, 1.807) is 0 Å².